The van der Waals surface area contributed by atoms with Crippen molar-refractivity contribution in [2.24, 2.45) is 5.92 Å². The molecule has 1 amide bonds. The van der Waals surface area contributed by atoms with Gasteiger partial charge in [-0.2, -0.15) is 0 Å². The molecule has 0 saturated carbocycles. The third-order valence-corrected chi connectivity index (χ3v) is 2.75. The van der Waals surface area contributed by atoms with E-state index >= 15 is 0 Å². The van der Waals surface area contributed by atoms with Crippen molar-refractivity contribution < 1.29 is 9.90 Å². The van der Waals surface area contributed by atoms with Crippen LogP contribution in [0.3, 0.4) is 0 Å². The number of hydrogen-bond donors (Lipinski definition) is 1. The number of likely N-dealkylation sites (tertiary alicyclic amines) is 1. The average Bonchev–Trinajstić information content (AvgIpc) is 2.25. The minimum Gasteiger partial charge on any atom is -0.378 e. The van der Waals surface area contributed by atoms with Gasteiger partial charge in [-0.1, -0.05) is 23.7 Å². The van der Waals surface area contributed by atoms with Crippen molar-refractivity contribution in [1.82, 2.24) is 4.90 Å². The molecule has 0 unspecified atom stereocenters. The maximum absolute atomic E-state index is 11.5. The highest BCUT2D eigenvalue weighted by molar-refractivity contribution is 5.86. The first-order valence-corrected chi connectivity index (χ1v) is 4.81. The number of fused-ring (bicyclic) bond motifs is 1. The summed E-state index contributed by atoms with van der Waals surface area (Å²) in [7, 11) is 1.68. The maximum Gasteiger partial charge on any atom is 0.229 e. The van der Waals surface area contributed by atoms with E-state index in [-0.39, 0.29) is 17.9 Å². The summed E-state index contributed by atoms with van der Waals surface area (Å²) in [6, 6.07) is -0.203. The van der Waals surface area contributed by atoms with Gasteiger partial charge in [0.2, 0.25) is 5.91 Å². The van der Waals surface area contributed by atoms with Crippen LogP contribution in [0.2, 0.25) is 0 Å². The molecular weight excluding hydrogens is 190 g/mol. The monoisotopic (exact) mass is 201 g/mol. The Labute approximate surface area is 88.8 Å². The number of hydrogen-bond acceptors (Lipinski definition) is 2. The molecule has 0 aromatic heterocycles. The fourth-order valence-electron chi connectivity index (χ4n) is 1.91. The third kappa shape index (κ3) is 1.63. The highest BCUT2D eigenvalue weighted by atomic mass is 16.3. The van der Waals surface area contributed by atoms with E-state index in [1.54, 1.807) is 19.2 Å². The Morgan fingerprint density at radius 2 is 2.20 bits per heavy atom. The van der Waals surface area contributed by atoms with E-state index < -0.39 is 6.10 Å². The first kappa shape index (κ1) is 9.83. The molecule has 0 bridgehead atoms. The molecule has 2 aliphatic rings. The topological polar surface area (TPSA) is 40.5 Å². The molecule has 2 rings (SSSR count). The Balaban J connectivity index is 2.26. The van der Waals surface area contributed by atoms with Crippen molar-refractivity contribution >= 4 is 5.91 Å². The van der Waals surface area contributed by atoms with Crippen molar-refractivity contribution in [3.05, 3.63) is 12.2 Å². The van der Waals surface area contributed by atoms with Crippen LogP contribution >= 0.6 is 0 Å². The number of allylic oxidation sites excluding steroid dienone is 2. The number of nitrogens with zero attached hydrogens (tertiary/aromatic N) is 1. The minimum absolute atomic E-state index is 0.0414. The summed E-state index contributed by atoms with van der Waals surface area (Å²) in [5.74, 6) is 10.9. The van der Waals surface area contributed by atoms with Crippen LogP contribution in [0.4, 0.5) is 0 Å². The molecule has 15 heavy (non-hydrogen) atoms. The number of carbonyl (C=O) groups excluding carboxylic acids is 1. The Bertz CT molecular complexity index is 430. The van der Waals surface area contributed by atoms with Crippen molar-refractivity contribution in [3.63, 3.8) is 0 Å². The van der Waals surface area contributed by atoms with Crippen LogP contribution in [-0.4, -0.2) is 35.1 Å². The predicted molar refractivity (Wildman–Crippen MR) is 55.4 cm³/mol. The number of aliphatic hydroxyl groups excluding tert-OH is 1. The lowest BCUT2D eigenvalue weighted by atomic mass is 9.82. The minimum atomic E-state index is -0.776. The van der Waals surface area contributed by atoms with Gasteiger partial charge in [-0.15, -0.1) is 0 Å². The fourth-order valence-corrected chi connectivity index (χ4v) is 1.91. The van der Waals surface area contributed by atoms with Gasteiger partial charge in [-0.3, -0.25) is 4.79 Å². The summed E-state index contributed by atoms with van der Waals surface area (Å²) in [5.41, 5.74) is 0. The summed E-state index contributed by atoms with van der Waals surface area (Å²) in [4.78, 5) is 13.0. The first-order valence-electron chi connectivity index (χ1n) is 4.81. The number of carbonyl (C=O) groups is 1. The highest BCUT2D eigenvalue weighted by Crippen LogP contribution is 2.29. The Morgan fingerprint density at radius 3 is 3.00 bits per heavy atom. The molecule has 1 aliphatic carbocycles. The molecule has 0 aromatic carbocycles. The van der Waals surface area contributed by atoms with Gasteiger partial charge in [-0.05, 0) is 12.2 Å². The van der Waals surface area contributed by atoms with Crippen LogP contribution in [0, 0.1) is 29.6 Å². The first-order chi connectivity index (χ1) is 7.22. The summed E-state index contributed by atoms with van der Waals surface area (Å²) in [6.45, 7) is 0. The lowest BCUT2D eigenvalue weighted by Gasteiger charge is -2.45. The van der Waals surface area contributed by atoms with Crippen LogP contribution in [0.25, 0.3) is 0 Å². The van der Waals surface area contributed by atoms with Crippen LogP contribution in [0.1, 0.15) is 6.42 Å². The molecule has 3 heteroatoms. The molecule has 0 spiro atoms. The lowest BCUT2D eigenvalue weighted by molar-refractivity contribution is -0.158. The quantitative estimate of drug-likeness (QED) is 0.434. The van der Waals surface area contributed by atoms with Gasteiger partial charge in [0.15, 0.2) is 0 Å². The van der Waals surface area contributed by atoms with Gasteiger partial charge < -0.3 is 10.0 Å². The van der Waals surface area contributed by atoms with E-state index in [1.165, 1.54) is 4.90 Å². The number of likely N-dealkylation sites (N-methyl/N-ethyl adjacent to an activating group) is 1. The molecule has 1 aliphatic heterocycles. The van der Waals surface area contributed by atoms with Crippen molar-refractivity contribution in [2.45, 2.75) is 18.6 Å². The van der Waals surface area contributed by atoms with Crippen LogP contribution in [0.5, 0.6) is 0 Å². The van der Waals surface area contributed by atoms with Gasteiger partial charge in [0.05, 0.1) is 12.0 Å². The van der Waals surface area contributed by atoms with E-state index in [1.807, 2.05) is 0 Å². The summed E-state index contributed by atoms with van der Waals surface area (Å²) in [5, 5.41) is 9.76. The summed E-state index contributed by atoms with van der Waals surface area (Å²) in [6.07, 6.45) is 2.96. The molecule has 1 fully saturated rings. The van der Waals surface area contributed by atoms with Crippen LogP contribution in [-0.2, 0) is 4.79 Å². The zero-order chi connectivity index (χ0) is 10.8. The van der Waals surface area contributed by atoms with Gasteiger partial charge in [0.25, 0.3) is 0 Å². The Kier molecular flexibility index (Phi) is 2.49. The number of rotatable bonds is 0. The van der Waals surface area contributed by atoms with Gasteiger partial charge in [0, 0.05) is 13.5 Å². The van der Waals surface area contributed by atoms with Gasteiger partial charge in [-0.25, -0.2) is 0 Å². The second-order valence-corrected chi connectivity index (χ2v) is 3.64. The zero-order valence-electron chi connectivity index (χ0n) is 8.40. The molecule has 3 atom stereocenters. The average molecular weight is 201 g/mol. The maximum atomic E-state index is 11.5. The smallest absolute Gasteiger partial charge is 0.229 e. The molecule has 1 saturated heterocycles. The summed E-state index contributed by atoms with van der Waals surface area (Å²) < 4.78 is 0. The number of aliphatic hydroxyl groups is 1. The van der Waals surface area contributed by atoms with E-state index in [4.69, 9.17) is 0 Å². The highest BCUT2D eigenvalue weighted by Gasteiger charge is 2.47. The second-order valence-electron chi connectivity index (χ2n) is 3.64. The largest absolute Gasteiger partial charge is 0.378 e. The van der Waals surface area contributed by atoms with Crippen molar-refractivity contribution in [1.29, 1.82) is 0 Å². The third-order valence-electron chi connectivity index (χ3n) is 2.75. The fraction of sp³-hybridized carbons (Fsp3) is 0.417. The predicted octanol–water partition coefficient (Wildman–Crippen LogP) is -0.229. The molecule has 0 radical (unpaired) electrons. The molecule has 1 heterocycles. The normalized spacial score (nSPS) is 34.9. The number of β-lactam (4-membered cyclic amide) rings is 1. The second kappa shape index (κ2) is 3.81. The van der Waals surface area contributed by atoms with Crippen LogP contribution in [0.15, 0.2) is 12.2 Å². The standard InChI is InChI=1S/C12H11NO2/c1-13-11-9(12(13)15)7-5-3-2-4-6-8-10(11)14/h2,4,9-11,14H,7H2,1H3/b4-2-/t9-,10+,11+/m1/s1. The molecule has 0 aromatic rings. The van der Waals surface area contributed by atoms with Crippen LogP contribution < -0.4 is 0 Å². The summed E-state index contributed by atoms with van der Waals surface area (Å²) >= 11 is 0. The molecular formula is C12H11NO2. The Morgan fingerprint density at radius 1 is 1.47 bits per heavy atom. The zero-order valence-corrected chi connectivity index (χ0v) is 8.40. The molecule has 1 N–H and O–H groups in total. The van der Waals surface area contributed by atoms with Gasteiger partial charge >= 0.3 is 0 Å². The lowest BCUT2D eigenvalue weighted by Crippen LogP contribution is -2.63. The van der Waals surface area contributed by atoms with E-state index in [0.717, 1.165) is 0 Å². The van der Waals surface area contributed by atoms with Crippen molar-refractivity contribution in [2.75, 3.05) is 7.05 Å². The molecule has 3 nitrogen and oxygen atoms in total. The molecule has 76 valence electrons. The Hall–Kier alpha value is -1.71. The number of amides is 1. The van der Waals surface area contributed by atoms with E-state index in [9.17, 15) is 9.90 Å². The SMILES string of the molecule is CN1C(=O)[C@@H]2CC#C/C=C\C#C[C@H](O)[C@H]21. The van der Waals surface area contributed by atoms with E-state index in [2.05, 4.69) is 23.7 Å². The van der Waals surface area contributed by atoms with Crippen molar-refractivity contribution in [3.8, 4) is 23.7 Å². The van der Waals surface area contributed by atoms with Gasteiger partial charge in [0.1, 0.15) is 6.10 Å². The van der Waals surface area contributed by atoms with E-state index in [0.29, 0.717) is 6.42 Å².